The lowest BCUT2D eigenvalue weighted by molar-refractivity contribution is -0.132. The fourth-order valence-electron chi connectivity index (χ4n) is 12.4. The number of rotatable bonds is 25. The molecule has 2 bridgehead atoms. The smallest absolute Gasteiger partial charge is 0.474 e. The van der Waals surface area contributed by atoms with Crippen LogP contribution in [0.1, 0.15) is 110 Å². The first-order valence-corrected chi connectivity index (χ1v) is 35.8. The van der Waals surface area contributed by atoms with E-state index in [1.807, 2.05) is 60.7 Å². The van der Waals surface area contributed by atoms with Gasteiger partial charge in [0.1, 0.15) is 62.6 Å². The third-order valence-corrected chi connectivity index (χ3v) is 19.3. The van der Waals surface area contributed by atoms with Gasteiger partial charge in [-0.15, -0.1) is 18.1 Å². The summed E-state index contributed by atoms with van der Waals surface area (Å²) in [6.45, 7) is 3.16. The van der Waals surface area contributed by atoms with Gasteiger partial charge < -0.3 is 50.2 Å². The molecule has 3 fully saturated rings. The molecule has 4 aliphatic rings. The summed E-state index contributed by atoms with van der Waals surface area (Å²) in [5.41, 5.74) is 9.45. The number of H-pyrrole nitrogens is 1. The van der Waals surface area contributed by atoms with Gasteiger partial charge in [0.15, 0.2) is 29.8 Å². The van der Waals surface area contributed by atoms with Crippen LogP contribution in [0.5, 0.6) is 5.88 Å². The second-order valence-electron chi connectivity index (χ2n) is 25.4. The number of aromatic amines is 1. The summed E-state index contributed by atoms with van der Waals surface area (Å²) in [5, 5.41) is 34.8. The van der Waals surface area contributed by atoms with Gasteiger partial charge in [0.25, 0.3) is 11.5 Å². The predicted molar refractivity (Wildman–Crippen MR) is 373 cm³/mol. The number of carbonyl (C=O) groups excluding carboxylic acids is 6. The number of amides is 6. The normalized spacial score (nSPS) is 21.5. The maximum absolute atomic E-state index is 14.1. The summed E-state index contributed by atoms with van der Waals surface area (Å²) >= 11 is 0. The number of fused-ring (bicyclic) bond motifs is 6. The molecule has 3 aromatic heterocycles. The number of hydrogen-bond acceptors (Lipinski definition) is 24. The number of aliphatic hydroxyl groups excluding tert-OH is 2. The van der Waals surface area contributed by atoms with E-state index in [9.17, 15) is 52.9 Å². The van der Waals surface area contributed by atoms with Gasteiger partial charge in [-0.3, -0.25) is 54.7 Å². The number of para-hydroxylation sites is 1. The number of nitrogens with one attached hydrogen (secondary N) is 6. The van der Waals surface area contributed by atoms with Gasteiger partial charge in [0, 0.05) is 71.4 Å². The molecule has 7 aromatic rings. The molecule has 3 unspecified atom stereocenters. The standard InChI is InChI=1S/C69H78N14O18P2/c1-40(2)57(77-54(84)20-10-11-21-56(85)82-34-44-15-5-4-13-42(44)24-25-43-14-7-9-19-51(43)82)64(89)76-50(18-12-29-72-67(70)91)63(88)75-47-26-22-41(23-27-47)35-95-69(92)81(3)33-45-16-6-8-17-49(45)62(87)79-68-78-61-58(65(90)80-68)74-39-83(61)66-60-59(86)53(99-66)37-97-102(93)100-52-32-48(98-55-28-30-71-38-73-55)31-46(52)36-96-103(94)101-60/h4-9,13-17,19,22-28,30,38-40,46,48,50,52-53,57,59-60,66-67,72,86,91H,10-12,18,20-21,29,31-37,70H2,1-3H3,(H3-2,75,76,77,78,79,80,84,87,88,89,90)/p+2/b25-24-/t46-,48-,50+,52+,53-,57+,59-,60-,66-,67?/m1/s1. The van der Waals surface area contributed by atoms with Crippen molar-refractivity contribution in [3.63, 3.8) is 0 Å². The SMILES string of the molecule is CC(C)[C@H](NC(=O)CCCCC(=O)N1Cc2ccccc2/C=C\c2ccccc21)C(=O)N[C@@H](CCCNC(N)O)C(=O)Nc1ccc(COC(=O)N(C)Cc2ccccc2C(=O)Nc2nc3c(ncn3[C@@H]3O[C@@H]4CO[P+](=O)O[C@H]5C[C@H](Oc6ccncn6)C[C@@H]5CO[P+](=O)O[C@@H]3[C@@H]4O)c(=O)[nH]2)cc1. The van der Waals surface area contributed by atoms with Crippen LogP contribution in [0.4, 0.5) is 22.1 Å². The summed E-state index contributed by atoms with van der Waals surface area (Å²) in [7, 11) is -4.28. The van der Waals surface area contributed by atoms with Crippen molar-refractivity contribution in [3.05, 3.63) is 166 Å². The number of aromatic nitrogens is 6. The molecule has 4 aromatic carbocycles. The lowest BCUT2D eigenvalue weighted by atomic mass is 10.0. The zero-order valence-corrected chi connectivity index (χ0v) is 58.3. The molecule has 0 spiro atoms. The van der Waals surface area contributed by atoms with Gasteiger partial charge >= 0.3 is 22.6 Å². The van der Waals surface area contributed by atoms with Gasteiger partial charge in [-0.05, 0) is 96.6 Å². The molecular weight excluding hydrogens is 1370 g/mol. The van der Waals surface area contributed by atoms with Crippen molar-refractivity contribution in [1.82, 2.24) is 50.3 Å². The Morgan fingerprint density at radius 3 is 2.35 bits per heavy atom. The third-order valence-electron chi connectivity index (χ3n) is 17.7. The number of anilines is 3. The van der Waals surface area contributed by atoms with E-state index >= 15 is 0 Å². The molecule has 542 valence electrons. The van der Waals surface area contributed by atoms with Crippen molar-refractivity contribution in [1.29, 1.82) is 0 Å². The van der Waals surface area contributed by atoms with Crippen LogP contribution in [0.2, 0.25) is 0 Å². The van der Waals surface area contributed by atoms with Crippen molar-refractivity contribution < 1.29 is 80.4 Å². The number of benzene rings is 4. The van der Waals surface area contributed by atoms with Gasteiger partial charge in [-0.25, -0.2) is 19.7 Å². The zero-order valence-electron chi connectivity index (χ0n) is 56.5. The summed E-state index contributed by atoms with van der Waals surface area (Å²) in [6, 6.07) is 27.9. The van der Waals surface area contributed by atoms with E-state index in [4.69, 9.17) is 38.0 Å². The molecule has 10 N–H and O–H groups in total. The highest BCUT2D eigenvalue weighted by atomic mass is 31.1. The van der Waals surface area contributed by atoms with E-state index in [1.54, 1.807) is 67.3 Å². The molecule has 2 saturated heterocycles. The molecular formula is C69H80N14O18P2+2. The Morgan fingerprint density at radius 1 is 0.825 bits per heavy atom. The van der Waals surface area contributed by atoms with Crippen molar-refractivity contribution in [2.75, 3.05) is 42.3 Å². The Labute approximate surface area is 592 Å². The van der Waals surface area contributed by atoms with Crippen molar-refractivity contribution in [2.45, 2.75) is 140 Å². The molecule has 6 amide bonds. The third kappa shape index (κ3) is 19.5. The first kappa shape index (κ1) is 74.5. The van der Waals surface area contributed by atoms with E-state index in [0.717, 1.165) is 22.4 Å². The predicted octanol–water partition coefficient (Wildman–Crippen LogP) is 6.62. The van der Waals surface area contributed by atoms with Crippen molar-refractivity contribution >= 4 is 92.8 Å². The fraction of sp³-hybridized carbons (Fsp3) is 0.406. The van der Waals surface area contributed by atoms with Crippen LogP contribution in [0.3, 0.4) is 0 Å². The Hall–Kier alpha value is -9.69. The molecule has 1 saturated carbocycles. The van der Waals surface area contributed by atoms with Crippen LogP contribution < -0.4 is 47.5 Å². The molecule has 11 rings (SSSR count). The molecule has 3 aliphatic heterocycles. The first-order valence-electron chi connectivity index (χ1n) is 33.6. The summed E-state index contributed by atoms with van der Waals surface area (Å²) < 4.78 is 68.5. The average molecular weight is 1460 g/mol. The molecule has 0 radical (unpaired) electrons. The van der Waals surface area contributed by atoms with E-state index in [0.29, 0.717) is 54.9 Å². The van der Waals surface area contributed by atoms with Crippen LogP contribution in [-0.2, 0) is 75.6 Å². The van der Waals surface area contributed by atoms with E-state index in [-0.39, 0.29) is 86.5 Å². The number of aliphatic hydroxyl groups is 2. The van der Waals surface area contributed by atoms with Gasteiger partial charge in [-0.1, -0.05) is 98.8 Å². The van der Waals surface area contributed by atoms with Crippen LogP contribution in [0.25, 0.3) is 23.3 Å². The van der Waals surface area contributed by atoms with Crippen molar-refractivity contribution in [3.8, 4) is 5.88 Å². The largest absolute Gasteiger partial charge is 0.697 e. The summed E-state index contributed by atoms with van der Waals surface area (Å²) in [6.07, 6.45) is 1.35. The van der Waals surface area contributed by atoms with Crippen molar-refractivity contribution in [2.24, 2.45) is 17.6 Å². The second-order valence-corrected chi connectivity index (χ2v) is 27.3. The minimum atomic E-state index is -2.96. The van der Waals surface area contributed by atoms with Crippen LogP contribution in [-0.4, -0.2) is 156 Å². The Kier molecular flexibility index (Phi) is 25.3. The van der Waals surface area contributed by atoms with Crippen LogP contribution in [0.15, 0.2) is 127 Å². The van der Waals surface area contributed by atoms with Crippen LogP contribution in [0, 0.1) is 11.8 Å². The maximum atomic E-state index is 14.1. The molecule has 1 aliphatic carbocycles. The molecule has 12 atom stereocenters. The highest BCUT2D eigenvalue weighted by Gasteiger charge is 2.54. The van der Waals surface area contributed by atoms with Gasteiger partial charge in [0.2, 0.25) is 35.5 Å². The number of nitrogens with two attached hydrogens (primary N) is 1. The topological polar surface area (TPSA) is 424 Å². The Balaban J connectivity index is 0.659. The molecule has 103 heavy (non-hydrogen) atoms. The number of nitrogens with zero attached hydrogens (tertiary/aromatic N) is 7. The highest BCUT2D eigenvalue weighted by molar-refractivity contribution is 7.33. The van der Waals surface area contributed by atoms with E-state index < -0.39 is 119 Å². The fourth-order valence-corrected chi connectivity index (χ4v) is 14.0. The summed E-state index contributed by atoms with van der Waals surface area (Å²) in [4.78, 5) is 118. The molecule has 32 nitrogen and oxygen atoms in total. The number of unbranched alkanes of at least 4 members (excludes halogenated alkanes) is 1. The summed E-state index contributed by atoms with van der Waals surface area (Å²) in [5.74, 6) is -3.23. The average Bonchev–Trinajstić information content (AvgIpc) is 1.56. The van der Waals surface area contributed by atoms with E-state index in [1.165, 1.54) is 41.4 Å². The first-order chi connectivity index (χ1) is 49.7. The maximum Gasteiger partial charge on any atom is 0.697 e. The van der Waals surface area contributed by atoms with Gasteiger partial charge in [0.05, 0.1) is 18.6 Å². The lowest BCUT2D eigenvalue weighted by Gasteiger charge is -2.27. The minimum Gasteiger partial charge on any atom is -0.474 e. The number of imidazole rings is 1. The van der Waals surface area contributed by atoms with Gasteiger partial charge in [-0.2, -0.15) is 4.98 Å². The lowest BCUT2D eigenvalue weighted by Crippen LogP contribution is -2.54. The van der Waals surface area contributed by atoms with E-state index in [2.05, 4.69) is 51.5 Å². The quantitative estimate of drug-likeness (QED) is 0.0165. The number of hydrogen-bond donors (Lipinski definition) is 9. The zero-order chi connectivity index (χ0) is 72.7. The Bertz CT molecular complexity index is 4300. The number of ether oxygens (including phenoxy) is 3. The Morgan fingerprint density at radius 2 is 1.56 bits per heavy atom. The van der Waals surface area contributed by atoms with Crippen LogP contribution >= 0.6 is 16.5 Å². The highest BCUT2D eigenvalue weighted by Crippen LogP contribution is 2.45. The molecule has 34 heteroatoms. The number of carbonyl (C=O) groups is 6. The molecule has 6 heterocycles. The second kappa shape index (κ2) is 35.0. The minimum absolute atomic E-state index is 0.0544. The monoisotopic (exact) mass is 1450 g/mol.